The van der Waals surface area contributed by atoms with Crippen molar-refractivity contribution in [3.63, 3.8) is 0 Å². The largest absolute Gasteiger partial charge is 0.459 e. The Hall–Kier alpha value is -2.87. The molecule has 0 aromatic carbocycles. The topological polar surface area (TPSA) is 100 Å². The minimum absolute atomic E-state index is 0.160. The maximum Gasteiger partial charge on any atom is 0.287 e. The van der Waals surface area contributed by atoms with Crippen LogP contribution < -0.4 is 10.6 Å². The fourth-order valence-electron chi connectivity index (χ4n) is 1.93. The lowest BCUT2D eigenvalue weighted by Gasteiger charge is -2.03. The number of H-pyrrole nitrogens is 1. The third kappa shape index (κ3) is 3.67. The molecule has 0 aliphatic rings. The third-order valence-corrected chi connectivity index (χ3v) is 4.04. The molecule has 118 valence electrons. The molecule has 0 radical (unpaired) electrons. The van der Waals surface area contributed by atoms with Crippen LogP contribution in [0.25, 0.3) is 10.6 Å². The van der Waals surface area contributed by atoms with Crippen LogP contribution in [0.3, 0.4) is 0 Å². The fraction of sp³-hybridized carbons (Fsp3) is 0.133. The Kier molecular flexibility index (Phi) is 4.24. The molecule has 2 amide bonds. The van der Waals surface area contributed by atoms with E-state index in [4.69, 9.17) is 4.42 Å². The zero-order chi connectivity index (χ0) is 16.2. The number of aromatic nitrogens is 2. The first-order chi connectivity index (χ1) is 11.1. The summed E-state index contributed by atoms with van der Waals surface area (Å²) in [6, 6.07) is 8.88. The standard InChI is InChI=1S/C15H14N4O3S/c1-9-4-5-12(23-9)10-7-13(19-18-10)17-14(20)8-16-15(21)11-3-2-6-22-11/h2-7H,8H2,1H3,(H,16,21)(H2,17,18,19,20). The van der Waals surface area contributed by atoms with Gasteiger partial charge in [0.05, 0.1) is 23.4 Å². The van der Waals surface area contributed by atoms with Crippen molar-refractivity contribution >= 4 is 29.0 Å². The van der Waals surface area contributed by atoms with Gasteiger partial charge in [0.2, 0.25) is 5.91 Å². The van der Waals surface area contributed by atoms with Crippen molar-refractivity contribution in [2.75, 3.05) is 11.9 Å². The van der Waals surface area contributed by atoms with Gasteiger partial charge in [0.25, 0.3) is 5.91 Å². The van der Waals surface area contributed by atoms with Gasteiger partial charge in [-0.2, -0.15) is 5.10 Å². The summed E-state index contributed by atoms with van der Waals surface area (Å²) in [6.45, 7) is 1.86. The Morgan fingerprint density at radius 3 is 2.91 bits per heavy atom. The Bertz CT molecular complexity index is 820. The summed E-state index contributed by atoms with van der Waals surface area (Å²) in [6.07, 6.45) is 1.40. The van der Waals surface area contributed by atoms with Crippen molar-refractivity contribution in [2.45, 2.75) is 6.92 Å². The molecule has 0 saturated heterocycles. The number of nitrogens with one attached hydrogen (secondary N) is 3. The second-order valence-corrected chi connectivity index (χ2v) is 6.07. The predicted molar refractivity (Wildman–Crippen MR) is 86.3 cm³/mol. The summed E-state index contributed by atoms with van der Waals surface area (Å²) >= 11 is 1.63. The van der Waals surface area contributed by atoms with E-state index in [9.17, 15) is 9.59 Å². The number of anilines is 1. The van der Waals surface area contributed by atoms with E-state index in [0.29, 0.717) is 5.82 Å². The summed E-state index contributed by atoms with van der Waals surface area (Å²) in [7, 11) is 0. The second kappa shape index (κ2) is 6.49. The van der Waals surface area contributed by atoms with E-state index in [0.717, 1.165) is 10.6 Å². The molecule has 0 atom stereocenters. The Morgan fingerprint density at radius 1 is 1.35 bits per heavy atom. The van der Waals surface area contributed by atoms with Gasteiger partial charge in [0.1, 0.15) is 0 Å². The number of aromatic amines is 1. The molecule has 8 heteroatoms. The number of thiophene rings is 1. The number of hydrogen-bond acceptors (Lipinski definition) is 5. The SMILES string of the molecule is Cc1ccc(-c2cc(NC(=O)CNC(=O)c3ccco3)n[nH]2)s1. The molecule has 23 heavy (non-hydrogen) atoms. The maximum atomic E-state index is 11.8. The summed E-state index contributed by atoms with van der Waals surface area (Å²) in [5.74, 6) is -0.247. The van der Waals surface area contributed by atoms with Gasteiger partial charge >= 0.3 is 0 Å². The van der Waals surface area contributed by atoms with Crippen LogP contribution in [0.15, 0.2) is 41.0 Å². The van der Waals surface area contributed by atoms with Crippen LogP contribution in [0.2, 0.25) is 0 Å². The molecule has 0 aliphatic heterocycles. The lowest BCUT2D eigenvalue weighted by Crippen LogP contribution is -2.32. The van der Waals surface area contributed by atoms with E-state index in [1.165, 1.54) is 17.2 Å². The number of aryl methyl sites for hydroxylation is 1. The average molecular weight is 330 g/mol. The second-order valence-electron chi connectivity index (χ2n) is 4.79. The highest BCUT2D eigenvalue weighted by molar-refractivity contribution is 7.15. The molecule has 7 nitrogen and oxygen atoms in total. The van der Waals surface area contributed by atoms with Gasteiger partial charge in [0, 0.05) is 10.9 Å². The summed E-state index contributed by atoms with van der Waals surface area (Å²) < 4.78 is 4.94. The van der Waals surface area contributed by atoms with Crippen molar-refractivity contribution in [2.24, 2.45) is 0 Å². The van der Waals surface area contributed by atoms with Crippen LogP contribution in [0, 0.1) is 6.92 Å². The predicted octanol–water partition coefficient (Wildman–Crippen LogP) is 2.41. The highest BCUT2D eigenvalue weighted by Crippen LogP contribution is 2.27. The lowest BCUT2D eigenvalue weighted by molar-refractivity contribution is -0.115. The van der Waals surface area contributed by atoms with Gasteiger partial charge < -0.3 is 15.1 Å². The van der Waals surface area contributed by atoms with E-state index >= 15 is 0 Å². The molecule has 0 unspecified atom stereocenters. The average Bonchev–Trinajstić information content (AvgIpc) is 3.25. The van der Waals surface area contributed by atoms with Crippen molar-refractivity contribution in [3.8, 4) is 10.6 Å². The Morgan fingerprint density at radius 2 is 2.22 bits per heavy atom. The number of nitrogens with zero attached hydrogens (tertiary/aromatic N) is 1. The lowest BCUT2D eigenvalue weighted by atomic mass is 10.3. The van der Waals surface area contributed by atoms with Crippen molar-refractivity contribution in [1.29, 1.82) is 0 Å². The van der Waals surface area contributed by atoms with Crippen molar-refractivity contribution < 1.29 is 14.0 Å². The van der Waals surface area contributed by atoms with Gasteiger partial charge in [-0.1, -0.05) is 0 Å². The summed E-state index contributed by atoms with van der Waals surface area (Å²) in [5, 5.41) is 12.0. The highest BCUT2D eigenvalue weighted by atomic mass is 32.1. The fourth-order valence-corrected chi connectivity index (χ4v) is 2.77. The number of hydrogen-bond donors (Lipinski definition) is 3. The Labute approximate surface area is 135 Å². The minimum Gasteiger partial charge on any atom is -0.459 e. The number of carbonyl (C=O) groups is 2. The van der Waals surface area contributed by atoms with Gasteiger partial charge in [-0.25, -0.2) is 0 Å². The summed E-state index contributed by atoms with van der Waals surface area (Å²) in [4.78, 5) is 25.7. The van der Waals surface area contributed by atoms with E-state index in [1.54, 1.807) is 23.5 Å². The molecule has 3 heterocycles. The zero-order valence-corrected chi connectivity index (χ0v) is 13.1. The van der Waals surface area contributed by atoms with Gasteiger partial charge in [-0.15, -0.1) is 11.3 Å². The van der Waals surface area contributed by atoms with Gasteiger partial charge in [-0.05, 0) is 31.2 Å². The van der Waals surface area contributed by atoms with Gasteiger partial charge in [0.15, 0.2) is 11.6 Å². The number of furan rings is 1. The van der Waals surface area contributed by atoms with E-state index in [2.05, 4.69) is 20.8 Å². The first kappa shape index (κ1) is 15.0. The van der Waals surface area contributed by atoms with E-state index in [1.807, 2.05) is 19.1 Å². The van der Waals surface area contributed by atoms with Crippen LogP contribution in [0.5, 0.6) is 0 Å². The first-order valence-electron chi connectivity index (χ1n) is 6.85. The van der Waals surface area contributed by atoms with Crippen LogP contribution in [-0.4, -0.2) is 28.6 Å². The molecule has 0 aliphatic carbocycles. The molecule has 0 saturated carbocycles. The van der Waals surface area contributed by atoms with Crippen LogP contribution in [0.1, 0.15) is 15.4 Å². The first-order valence-corrected chi connectivity index (χ1v) is 7.67. The molecule has 0 spiro atoms. The van der Waals surface area contributed by atoms with Crippen molar-refractivity contribution in [3.05, 3.63) is 47.2 Å². The number of rotatable bonds is 5. The molecule has 3 aromatic rings. The molecular weight excluding hydrogens is 316 g/mol. The Balaban J connectivity index is 1.54. The number of amides is 2. The van der Waals surface area contributed by atoms with E-state index in [-0.39, 0.29) is 18.2 Å². The highest BCUT2D eigenvalue weighted by Gasteiger charge is 2.12. The zero-order valence-electron chi connectivity index (χ0n) is 12.3. The van der Waals surface area contributed by atoms with Gasteiger partial charge in [-0.3, -0.25) is 14.7 Å². The number of carbonyl (C=O) groups excluding carboxylic acids is 2. The molecular formula is C15H14N4O3S. The quantitative estimate of drug-likeness (QED) is 0.669. The molecule has 3 N–H and O–H groups in total. The molecule has 3 rings (SSSR count). The van der Waals surface area contributed by atoms with Crippen LogP contribution in [0.4, 0.5) is 5.82 Å². The molecule has 3 aromatic heterocycles. The minimum atomic E-state index is -0.443. The summed E-state index contributed by atoms with van der Waals surface area (Å²) in [5.41, 5.74) is 0.832. The maximum absolute atomic E-state index is 11.8. The van der Waals surface area contributed by atoms with Crippen LogP contribution >= 0.6 is 11.3 Å². The molecule has 0 fully saturated rings. The third-order valence-electron chi connectivity index (χ3n) is 3.01. The van der Waals surface area contributed by atoms with Crippen molar-refractivity contribution in [1.82, 2.24) is 15.5 Å². The molecule has 0 bridgehead atoms. The smallest absolute Gasteiger partial charge is 0.287 e. The van der Waals surface area contributed by atoms with E-state index < -0.39 is 5.91 Å². The normalized spacial score (nSPS) is 10.5. The monoisotopic (exact) mass is 330 g/mol. The van der Waals surface area contributed by atoms with Crippen LogP contribution in [-0.2, 0) is 4.79 Å².